The van der Waals surface area contributed by atoms with Crippen LogP contribution in [0.5, 0.6) is 0 Å². The number of ether oxygens (including phenoxy) is 1. The van der Waals surface area contributed by atoms with Crippen molar-refractivity contribution in [3.05, 3.63) is 24.3 Å². The highest BCUT2D eigenvalue weighted by Gasteiger charge is 2.26. The molecule has 2 aromatic rings. The van der Waals surface area contributed by atoms with Gasteiger partial charge in [-0.2, -0.15) is 0 Å². The second kappa shape index (κ2) is 8.77. The van der Waals surface area contributed by atoms with Gasteiger partial charge in [0.2, 0.25) is 5.91 Å². The molecule has 1 N–H and O–H groups in total. The number of hydrogen-bond donors (Lipinski definition) is 1. The van der Waals surface area contributed by atoms with Crippen LogP contribution in [0.25, 0.3) is 11.0 Å². The maximum Gasteiger partial charge on any atom is 0.305 e. The quantitative estimate of drug-likeness (QED) is 0.826. The molecular weight excluding hydrogens is 348 g/mol. The Hall–Kier alpha value is -2.19. The number of halogens is 1. The van der Waals surface area contributed by atoms with Gasteiger partial charge >= 0.3 is 5.97 Å². The van der Waals surface area contributed by atoms with Crippen LogP contribution in [0.4, 0.5) is 0 Å². The third-order valence-corrected chi connectivity index (χ3v) is 4.22. The number of fused-ring (bicyclic) bond motifs is 1. The molecule has 1 saturated heterocycles. The lowest BCUT2D eigenvalue weighted by molar-refractivity contribution is -0.140. The van der Waals surface area contributed by atoms with E-state index in [1.54, 1.807) is 9.58 Å². The number of hydrogen-bond acceptors (Lipinski definition) is 5. The molecule has 0 atom stereocenters. The van der Waals surface area contributed by atoms with E-state index in [0.29, 0.717) is 13.2 Å². The fourth-order valence-corrected chi connectivity index (χ4v) is 2.98. The van der Waals surface area contributed by atoms with Crippen molar-refractivity contribution >= 4 is 35.3 Å². The van der Waals surface area contributed by atoms with Gasteiger partial charge in [0, 0.05) is 25.8 Å². The molecule has 0 bridgehead atoms. The van der Waals surface area contributed by atoms with Crippen molar-refractivity contribution in [2.45, 2.75) is 31.8 Å². The molecule has 9 heteroatoms. The Balaban J connectivity index is 0.00000225. The molecule has 2 heterocycles. The van der Waals surface area contributed by atoms with Crippen molar-refractivity contribution in [3.8, 4) is 0 Å². The van der Waals surface area contributed by atoms with Gasteiger partial charge in [-0.05, 0) is 25.0 Å². The topological polar surface area (TPSA) is 97.6 Å². The van der Waals surface area contributed by atoms with E-state index in [-0.39, 0.29) is 43.9 Å². The number of carboxylic acid groups (broad SMARTS) is 1. The van der Waals surface area contributed by atoms with E-state index in [1.807, 2.05) is 24.3 Å². The zero-order valence-electron chi connectivity index (χ0n) is 13.7. The molecule has 0 aliphatic carbocycles. The Kier molecular flexibility index (Phi) is 6.72. The lowest BCUT2D eigenvalue weighted by Crippen LogP contribution is -2.45. The monoisotopic (exact) mass is 368 g/mol. The zero-order chi connectivity index (χ0) is 16.9. The lowest BCUT2D eigenvalue weighted by Gasteiger charge is -2.34. The van der Waals surface area contributed by atoms with Gasteiger partial charge in [0.1, 0.15) is 12.1 Å². The van der Waals surface area contributed by atoms with Crippen LogP contribution in [0.1, 0.15) is 19.3 Å². The smallest absolute Gasteiger partial charge is 0.305 e. The minimum Gasteiger partial charge on any atom is -0.481 e. The Morgan fingerprint density at radius 3 is 2.72 bits per heavy atom. The number of para-hydroxylation sites is 1. The molecule has 1 aromatic carbocycles. The Bertz CT molecular complexity index is 730. The van der Waals surface area contributed by atoms with E-state index in [9.17, 15) is 9.59 Å². The summed E-state index contributed by atoms with van der Waals surface area (Å²) in [6.07, 6.45) is 1.38. The van der Waals surface area contributed by atoms with Crippen LogP contribution in [0.15, 0.2) is 24.3 Å². The molecule has 0 radical (unpaired) electrons. The first-order valence-electron chi connectivity index (χ1n) is 8.02. The first kappa shape index (κ1) is 19.1. The summed E-state index contributed by atoms with van der Waals surface area (Å²) < 4.78 is 6.90. The number of amides is 1. The normalized spacial score (nSPS) is 14.9. The van der Waals surface area contributed by atoms with Crippen LogP contribution < -0.4 is 0 Å². The summed E-state index contributed by atoms with van der Waals surface area (Å²) in [5.74, 6) is -1.05. The number of rotatable bonds is 6. The summed E-state index contributed by atoms with van der Waals surface area (Å²) in [5.41, 5.74) is 1.52. The molecule has 0 spiro atoms. The number of aromatic nitrogens is 3. The van der Waals surface area contributed by atoms with Crippen molar-refractivity contribution in [1.29, 1.82) is 0 Å². The molecule has 3 rings (SSSR count). The van der Waals surface area contributed by atoms with Crippen molar-refractivity contribution < 1.29 is 19.4 Å². The molecular formula is C16H21ClN4O4. The Morgan fingerprint density at radius 1 is 1.28 bits per heavy atom. The fourth-order valence-electron chi connectivity index (χ4n) is 2.98. The average Bonchev–Trinajstić information content (AvgIpc) is 2.99. The number of benzene rings is 1. The van der Waals surface area contributed by atoms with Crippen molar-refractivity contribution in [2.75, 3.05) is 19.8 Å². The molecule has 25 heavy (non-hydrogen) atoms. The second-order valence-electron chi connectivity index (χ2n) is 5.81. The largest absolute Gasteiger partial charge is 0.481 e. The summed E-state index contributed by atoms with van der Waals surface area (Å²) in [4.78, 5) is 25.3. The molecule has 136 valence electrons. The predicted molar refractivity (Wildman–Crippen MR) is 92.6 cm³/mol. The van der Waals surface area contributed by atoms with Crippen molar-refractivity contribution in [2.24, 2.45) is 0 Å². The van der Waals surface area contributed by atoms with Gasteiger partial charge in [-0.1, -0.05) is 17.3 Å². The number of carboxylic acids is 1. The van der Waals surface area contributed by atoms with Crippen LogP contribution in [-0.4, -0.2) is 62.7 Å². The molecule has 0 unspecified atom stereocenters. The zero-order valence-corrected chi connectivity index (χ0v) is 14.5. The van der Waals surface area contributed by atoms with Crippen LogP contribution >= 0.6 is 12.4 Å². The maximum absolute atomic E-state index is 12.8. The standard InChI is InChI=1S/C16H20N4O4.ClH/c21-15(11-20-14-4-2-1-3-13(14)17-18-20)19(8-5-16(22)23)12-6-9-24-10-7-12;/h1-4,12H,5-11H2,(H,22,23);1H. The van der Waals surface area contributed by atoms with Gasteiger partial charge < -0.3 is 14.7 Å². The molecule has 1 aromatic heterocycles. The molecule has 1 amide bonds. The molecule has 1 fully saturated rings. The summed E-state index contributed by atoms with van der Waals surface area (Å²) >= 11 is 0. The third-order valence-electron chi connectivity index (χ3n) is 4.22. The van der Waals surface area contributed by atoms with E-state index in [2.05, 4.69) is 10.3 Å². The van der Waals surface area contributed by atoms with Gasteiger partial charge in [0.15, 0.2) is 0 Å². The first-order chi connectivity index (χ1) is 11.6. The average molecular weight is 369 g/mol. The number of carbonyl (C=O) groups is 2. The highest BCUT2D eigenvalue weighted by Crippen LogP contribution is 2.17. The van der Waals surface area contributed by atoms with Crippen LogP contribution in [0.3, 0.4) is 0 Å². The minimum atomic E-state index is -0.911. The van der Waals surface area contributed by atoms with Gasteiger partial charge in [0.05, 0.1) is 11.9 Å². The van der Waals surface area contributed by atoms with E-state index in [1.165, 1.54) is 0 Å². The molecule has 0 saturated carbocycles. The number of aliphatic carboxylic acids is 1. The summed E-state index contributed by atoms with van der Waals surface area (Å²) in [6.45, 7) is 1.44. The lowest BCUT2D eigenvalue weighted by atomic mass is 10.1. The molecule has 8 nitrogen and oxygen atoms in total. The van der Waals surface area contributed by atoms with Crippen LogP contribution in [-0.2, 0) is 20.9 Å². The Labute approximate surface area is 151 Å². The number of nitrogens with zero attached hydrogens (tertiary/aromatic N) is 4. The fraction of sp³-hybridized carbons (Fsp3) is 0.500. The Morgan fingerprint density at radius 2 is 2.00 bits per heavy atom. The van der Waals surface area contributed by atoms with Gasteiger partial charge in [-0.3, -0.25) is 9.59 Å². The van der Waals surface area contributed by atoms with E-state index < -0.39 is 5.97 Å². The van der Waals surface area contributed by atoms with E-state index >= 15 is 0 Å². The molecule has 1 aliphatic rings. The van der Waals surface area contributed by atoms with Gasteiger partial charge in [-0.15, -0.1) is 17.5 Å². The van der Waals surface area contributed by atoms with Gasteiger partial charge in [0.25, 0.3) is 0 Å². The minimum absolute atomic E-state index is 0. The summed E-state index contributed by atoms with van der Waals surface area (Å²) in [5, 5.41) is 17.0. The van der Waals surface area contributed by atoms with E-state index in [4.69, 9.17) is 9.84 Å². The SMILES string of the molecule is Cl.O=C(O)CCN(C(=O)Cn1nnc2ccccc21)C1CCOCC1. The van der Waals surface area contributed by atoms with E-state index in [0.717, 1.165) is 23.9 Å². The first-order valence-corrected chi connectivity index (χ1v) is 8.02. The maximum atomic E-state index is 12.8. The highest BCUT2D eigenvalue weighted by molar-refractivity contribution is 5.85. The van der Waals surface area contributed by atoms with Crippen LogP contribution in [0.2, 0.25) is 0 Å². The van der Waals surface area contributed by atoms with Gasteiger partial charge in [-0.25, -0.2) is 4.68 Å². The predicted octanol–water partition coefficient (Wildman–Crippen LogP) is 1.34. The highest BCUT2D eigenvalue weighted by atomic mass is 35.5. The third kappa shape index (κ3) is 4.67. The summed E-state index contributed by atoms with van der Waals surface area (Å²) in [6, 6.07) is 7.45. The molecule has 1 aliphatic heterocycles. The van der Waals surface area contributed by atoms with Crippen LogP contribution in [0, 0.1) is 0 Å². The van der Waals surface area contributed by atoms with Crippen molar-refractivity contribution in [1.82, 2.24) is 19.9 Å². The van der Waals surface area contributed by atoms with Crippen molar-refractivity contribution in [3.63, 3.8) is 0 Å². The second-order valence-corrected chi connectivity index (χ2v) is 5.81. The number of carbonyl (C=O) groups excluding carboxylic acids is 1. The summed E-state index contributed by atoms with van der Waals surface area (Å²) in [7, 11) is 0.